The summed E-state index contributed by atoms with van der Waals surface area (Å²) in [4.78, 5) is 4.19. The second kappa shape index (κ2) is 8.37. The molecule has 0 bridgehead atoms. The summed E-state index contributed by atoms with van der Waals surface area (Å²) >= 11 is 0. The van der Waals surface area contributed by atoms with Gasteiger partial charge in [0, 0.05) is 12.4 Å². The minimum absolute atomic E-state index is 0.217. The molecule has 0 spiro atoms. The molecule has 1 nitrogen and oxygen atoms in total. The van der Waals surface area contributed by atoms with Crippen molar-refractivity contribution < 1.29 is 4.39 Å². The summed E-state index contributed by atoms with van der Waals surface area (Å²) in [7, 11) is 0. The van der Waals surface area contributed by atoms with Gasteiger partial charge in [0.15, 0.2) is 0 Å². The van der Waals surface area contributed by atoms with Gasteiger partial charge in [-0.15, -0.1) is 0 Å². The third-order valence-electron chi connectivity index (χ3n) is 5.47. The zero-order chi connectivity index (χ0) is 21.0. The lowest BCUT2D eigenvalue weighted by molar-refractivity contribution is 0.628. The number of nitrogens with zero attached hydrogens (tertiary/aromatic N) is 1. The molecular weight excluding hydrogens is 381 g/mol. The molecule has 1 heterocycles. The zero-order valence-corrected chi connectivity index (χ0v) is 16.9. The number of hydrogen-bond donors (Lipinski definition) is 0. The van der Waals surface area contributed by atoms with Gasteiger partial charge in [0.2, 0.25) is 0 Å². The Morgan fingerprint density at radius 3 is 1.26 bits per heavy atom. The van der Waals surface area contributed by atoms with Gasteiger partial charge < -0.3 is 0 Å². The van der Waals surface area contributed by atoms with Crippen molar-refractivity contribution >= 4 is 0 Å². The Hall–Kier alpha value is -4.04. The van der Waals surface area contributed by atoms with E-state index >= 15 is 0 Å². The molecule has 1 aromatic heterocycles. The fourth-order valence-electron chi connectivity index (χ4n) is 3.77. The van der Waals surface area contributed by atoms with Gasteiger partial charge in [-0.3, -0.25) is 4.98 Å². The quantitative estimate of drug-likeness (QED) is 0.298. The van der Waals surface area contributed by atoms with E-state index in [9.17, 15) is 4.39 Å². The highest BCUT2D eigenvalue weighted by atomic mass is 19.1. The van der Waals surface area contributed by atoms with Crippen molar-refractivity contribution in [2.24, 2.45) is 0 Å². The molecule has 0 N–H and O–H groups in total. The summed E-state index contributed by atoms with van der Waals surface area (Å²) in [5.74, 6) is -0.217. The van der Waals surface area contributed by atoms with Crippen molar-refractivity contribution in [2.45, 2.75) is 0 Å². The minimum atomic E-state index is -0.217. The normalized spacial score (nSPS) is 10.7. The van der Waals surface area contributed by atoms with Gasteiger partial charge >= 0.3 is 0 Å². The van der Waals surface area contributed by atoms with Gasteiger partial charge in [-0.25, -0.2) is 4.39 Å². The standard InChI is InChI=1S/C29H20FN/c30-29-5-1-3-27(19-29)25-14-10-23(11-15-25)21-6-8-22(9-7-21)24-12-16-26(17-13-24)28-4-2-18-31-20-28/h1-20H. The Morgan fingerprint density at radius 1 is 0.419 bits per heavy atom. The summed E-state index contributed by atoms with van der Waals surface area (Å²) in [5, 5.41) is 0. The van der Waals surface area contributed by atoms with Crippen LogP contribution in [0.2, 0.25) is 0 Å². The highest BCUT2D eigenvalue weighted by Crippen LogP contribution is 2.29. The lowest BCUT2D eigenvalue weighted by Gasteiger charge is -2.08. The van der Waals surface area contributed by atoms with Crippen LogP contribution in [0.1, 0.15) is 0 Å². The van der Waals surface area contributed by atoms with E-state index in [0.717, 1.165) is 33.4 Å². The minimum Gasteiger partial charge on any atom is -0.264 e. The van der Waals surface area contributed by atoms with Crippen molar-refractivity contribution in [2.75, 3.05) is 0 Å². The Morgan fingerprint density at radius 2 is 0.839 bits per heavy atom. The van der Waals surface area contributed by atoms with E-state index in [1.54, 1.807) is 18.3 Å². The molecule has 2 heteroatoms. The predicted octanol–water partition coefficient (Wildman–Crippen LogP) is 7.89. The third kappa shape index (κ3) is 4.15. The SMILES string of the molecule is Fc1cccc(-c2ccc(-c3ccc(-c4ccc(-c5cccnc5)cc4)cc3)cc2)c1. The van der Waals surface area contributed by atoms with Crippen molar-refractivity contribution in [3.8, 4) is 44.5 Å². The Labute approximate surface area is 181 Å². The Balaban J connectivity index is 1.35. The Kier molecular flexibility index (Phi) is 5.12. The summed E-state index contributed by atoms with van der Waals surface area (Å²) in [6.07, 6.45) is 3.66. The van der Waals surface area contributed by atoms with E-state index in [0.29, 0.717) is 0 Å². The van der Waals surface area contributed by atoms with Crippen molar-refractivity contribution in [1.29, 1.82) is 0 Å². The molecule has 0 saturated carbocycles. The fourth-order valence-corrected chi connectivity index (χ4v) is 3.77. The molecule has 0 fully saturated rings. The molecule has 0 aliphatic heterocycles. The van der Waals surface area contributed by atoms with Crippen LogP contribution in [0.3, 0.4) is 0 Å². The first-order valence-corrected chi connectivity index (χ1v) is 10.2. The lowest BCUT2D eigenvalue weighted by atomic mass is 9.97. The van der Waals surface area contributed by atoms with E-state index in [-0.39, 0.29) is 5.82 Å². The first-order chi connectivity index (χ1) is 15.3. The second-order valence-electron chi connectivity index (χ2n) is 7.48. The summed E-state index contributed by atoms with van der Waals surface area (Å²) in [6.45, 7) is 0. The molecule has 0 saturated heterocycles. The van der Waals surface area contributed by atoms with Gasteiger partial charge in [-0.1, -0.05) is 91.0 Å². The third-order valence-corrected chi connectivity index (χ3v) is 5.47. The molecule has 0 unspecified atom stereocenters. The average Bonchev–Trinajstić information content (AvgIpc) is 2.85. The summed E-state index contributed by atoms with van der Waals surface area (Å²) in [6, 6.07) is 36.1. The van der Waals surface area contributed by atoms with Gasteiger partial charge in [0.05, 0.1) is 0 Å². The van der Waals surface area contributed by atoms with Crippen LogP contribution < -0.4 is 0 Å². The number of pyridine rings is 1. The molecule has 0 atom stereocenters. The molecular formula is C29H20FN. The van der Waals surface area contributed by atoms with Crippen LogP contribution in [0.5, 0.6) is 0 Å². The van der Waals surface area contributed by atoms with Gasteiger partial charge in [0.25, 0.3) is 0 Å². The van der Waals surface area contributed by atoms with Crippen molar-refractivity contribution in [1.82, 2.24) is 4.98 Å². The summed E-state index contributed by atoms with van der Waals surface area (Å²) in [5.41, 5.74) is 8.82. The monoisotopic (exact) mass is 401 g/mol. The fraction of sp³-hybridized carbons (Fsp3) is 0. The highest BCUT2D eigenvalue weighted by Gasteiger charge is 2.04. The summed E-state index contributed by atoms with van der Waals surface area (Å²) < 4.78 is 13.5. The zero-order valence-electron chi connectivity index (χ0n) is 16.9. The molecule has 0 radical (unpaired) electrons. The molecule has 148 valence electrons. The molecule has 0 amide bonds. The molecule has 0 aliphatic carbocycles. The van der Waals surface area contributed by atoms with Crippen LogP contribution in [0.15, 0.2) is 122 Å². The smallest absolute Gasteiger partial charge is 0.123 e. The molecule has 5 rings (SSSR count). The van der Waals surface area contributed by atoms with E-state index < -0.39 is 0 Å². The lowest BCUT2D eigenvalue weighted by Crippen LogP contribution is -1.83. The van der Waals surface area contributed by atoms with E-state index in [4.69, 9.17) is 0 Å². The van der Waals surface area contributed by atoms with Crippen LogP contribution >= 0.6 is 0 Å². The molecule has 5 aromatic rings. The topological polar surface area (TPSA) is 12.9 Å². The maximum atomic E-state index is 13.5. The van der Waals surface area contributed by atoms with E-state index in [2.05, 4.69) is 71.7 Å². The maximum Gasteiger partial charge on any atom is 0.123 e. The van der Waals surface area contributed by atoms with Gasteiger partial charge in [-0.2, -0.15) is 0 Å². The first-order valence-electron chi connectivity index (χ1n) is 10.2. The van der Waals surface area contributed by atoms with E-state index in [1.807, 2.05) is 30.5 Å². The number of hydrogen-bond acceptors (Lipinski definition) is 1. The van der Waals surface area contributed by atoms with Gasteiger partial charge in [-0.05, 0) is 62.7 Å². The van der Waals surface area contributed by atoms with Crippen molar-refractivity contribution in [3.63, 3.8) is 0 Å². The van der Waals surface area contributed by atoms with Crippen LogP contribution in [-0.4, -0.2) is 4.98 Å². The Bertz CT molecular complexity index is 1290. The average molecular weight is 401 g/mol. The number of aromatic nitrogens is 1. The second-order valence-corrected chi connectivity index (χ2v) is 7.48. The number of halogens is 1. The first kappa shape index (κ1) is 19.0. The van der Waals surface area contributed by atoms with Crippen LogP contribution in [0, 0.1) is 5.82 Å². The molecule has 0 aliphatic rings. The van der Waals surface area contributed by atoms with Crippen LogP contribution in [-0.2, 0) is 0 Å². The molecule has 4 aromatic carbocycles. The molecule has 31 heavy (non-hydrogen) atoms. The van der Waals surface area contributed by atoms with Crippen LogP contribution in [0.4, 0.5) is 4.39 Å². The van der Waals surface area contributed by atoms with Crippen molar-refractivity contribution in [3.05, 3.63) is 127 Å². The number of rotatable bonds is 4. The van der Waals surface area contributed by atoms with E-state index in [1.165, 1.54) is 17.2 Å². The largest absolute Gasteiger partial charge is 0.264 e. The maximum absolute atomic E-state index is 13.5. The number of benzene rings is 4. The predicted molar refractivity (Wildman–Crippen MR) is 126 cm³/mol. The van der Waals surface area contributed by atoms with Gasteiger partial charge in [0.1, 0.15) is 5.82 Å². The van der Waals surface area contributed by atoms with Crippen LogP contribution in [0.25, 0.3) is 44.5 Å². The highest BCUT2D eigenvalue weighted by molar-refractivity contribution is 5.74.